The van der Waals surface area contributed by atoms with Gasteiger partial charge in [-0.25, -0.2) is 4.39 Å². The minimum atomic E-state index is -4.75. The van der Waals surface area contributed by atoms with Crippen LogP contribution in [-0.2, 0) is 6.18 Å². The third kappa shape index (κ3) is 4.21. The molecule has 0 radical (unpaired) electrons. The molecule has 6 heteroatoms. The van der Waals surface area contributed by atoms with Crippen molar-refractivity contribution in [2.45, 2.75) is 38.8 Å². The van der Waals surface area contributed by atoms with Gasteiger partial charge in [0, 0.05) is 12.1 Å². The van der Waals surface area contributed by atoms with Gasteiger partial charge in [-0.15, -0.1) is 0 Å². The summed E-state index contributed by atoms with van der Waals surface area (Å²) in [7, 11) is 0. The topological polar surface area (TPSA) is 29.1 Å². The van der Waals surface area contributed by atoms with Gasteiger partial charge < -0.3 is 5.32 Å². The van der Waals surface area contributed by atoms with Crippen molar-refractivity contribution in [1.82, 2.24) is 5.32 Å². The first-order chi connectivity index (χ1) is 10.3. The summed E-state index contributed by atoms with van der Waals surface area (Å²) in [5, 5.41) is 2.68. The maximum Gasteiger partial charge on any atom is 0.419 e. The fourth-order valence-corrected chi connectivity index (χ4v) is 2.76. The lowest BCUT2D eigenvalue weighted by atomic mass is 9.83. The molecular weight excluding hydrogens is 298 g/mol. The molecule has 22 heavy (non-hydrogen) atoms. The molecule has 0 saturated heterocycles. The average molecular weight is 317 g/mol. The zero-order valence-corrected chi connectivity index (χ0v) is 12.3. The van der Waals surface area contributed by atoms with E-state index in [0.29, 0.717) is 30.5 Å². The monoisotopic (exact) mass is 317 g/mol. The first-order valence-corrected chi connectivity index (χ1v) is 7.42. The van der Waals surface area contributed by atoms with Gasteiger partial charge in [0.25, 0.3) is 5.91 Å². The molecule has 0 heterocycles. The molecule has 0 spiro atoms. The van der Waals surface area contributed by atoms with Crippen molar-refractivity contribution in [2.75, 3.05) is 6.54 Å². The highest BCUT2D eigenvalue weighted by atomic mass is 19.4. The van der Waals surface area contributed by atoms with Crippen LogP contribution in [0.1, 0.15) is 48.5 Å². The molecule has 1 saturated carbocycles. The first kappa shape index (κ1) is 16.8. The van der Waals surface area contributed by atoms with Crippen LogP contribution >= 0.6 is 0 Å². The minimum Gasteiger partial charge on any atom is -0.352 e. The normalized spacial score (nSPS) is 22.4. The Morgan fingerprint density at radius 1 is 1.23 bits per heavy atom. The number of halogens is 4. The van der Waals surface area contributed by atoms with E-state index >= 15 is 0 Å². The van der Waals surface area contributed by atoms with Crippen molar-refractivity contribution >= 4 is 5.91 Å². The van der Waals surface area contributed by atoms with E-state index in [1.54, 1.807) is 0 Å². The molecule has 1 amide bonds. The van der Waals surface area contributed by atoms with Gasteiger partial charge in [0.2, 0.25) is 0 Å². The molecule has 122 valence electrons. The van der Waals surface area contributed by atoms with Gasteiger partial charge in [-0.05, 0) is 42.9 Å². The number of rotatable bonds is 3. The molecule has 2 nitrogen and oxygen atoms in total. The molecule has 0 unspecified atom stereocenters. The summed E-state index contributed by atoms with van der Waals surface area (Å²) < 4.78 is 50.8. The lowest BCUT2D eigenvalue weighted by molar-refractivity contribution is -0.140. The second kappa shape index (κ2) is 6.67. The van der Waals surface area contributed by atoms with Crippen LogP contribution in [0.3, 0.4) is 0 Å². The van der Waals surface area contributed by atoms with Crippen molar-refractivity contribution in [3.63, 3.8) is 0 Å². The number of nitrogens with one attached hydrogen (secondary N) is 1. The van der Waals surface area contributed by atoms with Crippen molar-refractivity contribution < 1.29 is 22.4 Å². The summed E-state index contributed by atoms with van der Waals surface area (Å²) in [6, 6.07) is 2.25. The van der Waals surface area contributed by atoms with Gasteiger partial charge in [0.1, 0.15) is 5.82 Å². The summed E-state index contributed by atoms with van der Waals surface area (Å²) in [5.74, 6) is -0.867. The van der Waals surface area contributed by atoms with Crippen LogP contribution in [0.2, 0.25) is 0 Å². The Morgan fingerprint density at radius 3 is 2.41 bits per heavy atom. The van der Waals surface area contributed by atoms with Gasteiger partial charge in [-0.1, -0.05) is 19.8 Å². The Bertz CT molecular complexity index is 533. The van der Waals surface area contributed by atoms with Gasteiger partial charge in [0.15, 0.2) is 0 Å². The maximum atomic E-state index is 13.4. The highest BCUT2D eigenvalue weighted by Gasteiger charge is 2.34. The molecule has 0 aliphatic heterocycles. The van der Waals surface area contributed by atoms with E-state index in [-0.39, 0.29) is 5.56 Å². The van der Waals surface area contributed by atoms with E-state index in [1.807, 2.05) is 0 Å². The number of amides is 1. The second-order valence-electron chi connectivity index (χ2n) is 6.03. The highest BCUT2D eigenvalue weighted by molar-refractivity contribution is 5.94. The molecule has 2 rings (SSSR count). The molecule has 1 aromatic rings. The number of benzene rings is 1. The molecule has 1 aliphatic rings. The summed E-state index contributed by atoms with van der Waals surface area (Å²) in [6.45, 7) is 2.67. The van der Waals surface area contributed by atoms with Gasteiger partial charge in [0.05, 0.1) is 5.56 Å². The van der Waals surface area contributed by atoms with Crippen LogP contribution in [0.15, 0.2) is 18.2 Å². The Balaban J connectivity index is 1.94. The maximum absolute atomic E-state index is 13.4. The summed E-state index contributed by atoms with van der Waals surface area (Å²) in [5.41, 5.74) is -1.44. The van der Waals surface area contributed by atoms with Crippen LogP contribution in [-0.4, -0.2) is 12.5 Å². The lowest BCUT2D eigenvalue weighted by Gasteiger charge is -2.26. The van der Waals surface area contributed by atoms with E-state index in [9.17, 15) is 22.4 Å². The summed E-state index contributed by atoms with van der Waals surface area (Å²) >= 11 is 0. The smallest absolute Gasteiger partial charge is 0.352 e. The minimum absolute atomic E-state index is 0.0883. The van der Waals surface area contributed by atoms with E-state index in [0.717, 1.165) is 31.7 Å². The van der Waals surface area contributed by atoms with Crippen molar-refractivity contribution in [2.24, 2.45) is 11.8 Å². The highest BCUT2D eigenvalue weighted by Crippen LogP contribution is 2.31. The molecule has 0 aromatic heterocycles. The molecule has 1 aromatic carbocycles. The number of carbonyl (C=O) groups excluding carboxylic acids is 1. The Hall–Kier alpha value is -1.59. The Labute approximate surface area is 126 Å². The molecule has 1 fully saturated rings. The summed E-state index contributed by atoms with van der Waals surface area (Å²) in [6.07, 6.45) is -0.450. The van der Waals surface area contributed by atoms with Crippen LogP contribution in [0.5, 0.6) is 0 Å². The fourth-order valence-electron chi connectivity index (χ4n) is 2.76. The predicted molar refractivity (Wildman–Crippen MR) is 74.9 cm³/mol. The summed E-state index contributed by atoms with van der Waals surface area (Å²) in [4.78, 5) is 11.9. The van der Waals surface area contributed by atoms with E-state index < -0.39 is 23.5 Å². The van der Waals surface area contributed by atoms with Crippen LogP contribution in [0.25, 0.3) is 0 Å². The number of hydrogen-bond acceptors (Lipinski definition) is 1. The molecule has 0 atom stereocenters. The van der Waals surface area contributed by atoms with Crippen molar-refractivity contribution in [3.05, 3.63) is 35.1 Å². The fraction of sp³-hybridized carbons (Fsp3) is 0.562. The largest absolute Gasteiger partial charge is 0.419 e. The van der Waals surface area contributed by atoms with Crippen LogP contribution < -0.4 is 5.32 Å². The average Bonchev–Trinajstić information content (AvgIpc) is 2.45. The Morgan fingerprint density at radius 2 is 1.86 bits per heavy atom. The van der Waals surface area contributed by atoms with Crippen LogP contribution in [0, 0.1) is 17.7 Å². The van der Waals surface area contributed by atoms with E-state index in [2.05, 4.69) is 12.2 Å². The molecular formula is C16H19F4NO. The van der Waals surface area contributed by atoms with E-state index in [4.69, 9.17) is 0 Å². The SMILES string of the molecule is CC1CCC(CNC(=O)c2ccc(C(F)(F)F)c(F)c2)CC1. The van der Waals surface area contributed by atoms with Crippen molar-refractivity contribution in [3.8, 4) is 0 Å². The number of carbonyl (C=O) groups is 1. The van der Waals surface area contributed by atoms with Gasteiger partial charge >= 0.3 is 6.18 Å². The molecule has 1 aliphatic carbocycles. The van der Waals surface area contributed by atoms with Crippen LogP contribution in [0.4, 0.5) is 17.6 Å². The third-order valence-electron chi connectivity index (χ3n) is 4.22. The number of alkyl halides is 3. The molecule has 0 bridgehead atoms. The number of hydrogen-bond donors (Lipinski definition) is 1. The molecule has 1 N–H and O–H groups in total. The third-order valence-corrected chi connectivity index (χ3v) is 4.22. The predicted octanol–water partition coefficient (Wildman–Crippen LogP) is 4.40. The zero-order chi connectivity index (χ0) is 16.3. The first-order valence-electron chi connectivity index (χ1n) is 7.42. The van der Waals surface area contributed by atoms with Gasteiger partial charge in [-0.2, -0.15) is 13.2 Å². The standard InChI is InChI=1S/C16H19F4NO/c1-10-2-4-11(5-3-10)9-21-15(22)12-6-7-13(14(17)8-12)16(18,19)20/h6-8,10-11H,2-5,9H2,1H3,(H,21,22). The van der Waals surface area contributed by atoms with Gasteiger partial charge in [-0.3, -0.25) is 4.79 Å². The second-order valence-corrected chi connectivity index (χ2v) is 6.03. The Kier molecular flexibility index (Phi) is 5.08. The van der Waals surface area contributed by atoms with E-state index in [1.165, 1.54) is 0 Å². The lowest BCUT2D eigenvalue weighted by Crippen LogP contribution is -2.31. The zero-order valence-electron chi connectivity index (χ0n) is 12.3. The quantitative estimate of drug-likeness (QED) is 0.823. The van der Waals surface area contributed by atoms with Crippen molar-refractivity contribution in [1.29, 1.82) is 0 Å².